The number of anilines is 1. The molecule has 0 unspecified atom stereocenters. The van der Waals surface area contributed by atoms with Crippen LogP contribution in [0.15, 0.2) is 54.9 Å². The minimum absolute atomic E-state index is 0.260. The number of hydrogen-bond acceptors (Lipinski definition) is 2. The molecule has 1 aromatic heterocycles. The maximum Gasteiger partial charge on any atom is 0.171 e. The van der Waals surface area contributed by atoms with Gasteiger partial charge in [0.15, 0.2) is 5.11 Å². The zero-order valence-corrected chi connectivity index (χ0v) is 15.9. The fraction of sp³-hybridized carbons (Fsp3) is 0.111. The first-order valence-electron chi connectivity index (χ1n) is 7.75. The Morgan fingerprint density at radius 1 is 1.08 bits per heavy atom. The highest BCUT2D eigenvalue weighted by Gasteiger charge is 2.04. The molecule has 1 heterocycles. The van der Waals surface area contributed by atoms with Crippen molar-refractivity contribution in [3.63, 3.8) is 0 Å². The van der Waals surface area contributed by atoms with Crippen LogP contribution in [0.2, 0.25) is 10.0 Å². The summed E-state index contributed by atoms with van der Waals surface area (Å²) in [7, 11) is 0. The monoisotopic (exact) mass is 408 g/mol. The van der Waals surface area contributed by atoms with Crippen molar-refractivity contribution in [2.24, 2.45) is 0 Å². The Bertz CT molecular complexity index is 912. The number of benzene rings is 2. The number of hydrogen-bond donors (Lipinski definition) is 2. The predicted molar refractivity (Wildman–Crippen MR) is 107 cm³/mol. The molecule has 0 spiro atoms. The van der Waals surface area contributed by atoms with E-state index in [0.29, 0.717) is 28.2 Å². The van der Waals surface area contributed by atoms with E-state index in [1.807, 2.05) is 18.3 Å². The predicted octanol–water partition coefficient (Wildman–Crippen LogP) is 4.86. The third-order valence-corrected chi connectivity index (χ3v) is 4.57. The molecule has 0 atom stereocenters. The number of nitrogens with one attached hydrogen (secondary N) is 2. The largest absolute Gasteiger partial charge is 0.358 e. The van der Waals surface area contributed by atoms with Gasteiger partial charge in [-0.25, -0.2) is 4.39 Å². The van der Waals surface area contributed by atoms with Crippen LogP contribution in [0, 0.1) is 5.82 Å². The molecule has 8 heteroatoms. The number of aromatic nitrogens is 2. The summed E-state index contributed by atoms with van der Waals surface area (Å²) in [6.07, 6.45) is 3.53. The number of halogens is 3. The molecule has 3 rings (SSSR count). The fourth-order valence-corrected chi connectivity index (χ4v) is 2.81. The van der Waals surface area contributed by atoms with E-state index < -0.39 is 0 Å². The summed E-state index contributed by atoms with van der Waals surface area (Å²) < 4.78 is 14.7. The van der Waals surface area contributed by atoms with Crippen LogP contribution < -0.4 is 10.6 Å². The molecule has 26 heavy (non-hydrogen) atoms. The maximum atomic E-state index is 12.9. The van der Waals surface area contributed by atoms with Gasteiger partial charge in [-0.15, -0.1) is 0 Å². The van der Waals surface area contributed by atoms with E-state index in [1.54, 1.807) is 29.1 Å². The Morgan fingerprint density at radius 2 is 1.81 bits per heavy atom. The van der Waals surface area contributed by atoms with E-state index in [0.717, 1.165) is 16.8 Å². The third-order valence-electron chi connectivity index (χ3n) is 3.59. The van der Waals surface area contributed by atoms with Crippen LogP contribution in [0.25, 0.3) is 0 Å². The van der Waals surface area contributed by atoms with E-state index in [4.69, 9.17) is 35.4 Å². The van der Waals surface area contributed by atoms with Gasteiger partial charge in [-0.3, -0.25) is 4.68 Å². The van der Waals surface area contributed by atoms with E-state index in [2.05, 4.69) is 15.7 Å². The molecule has 0 aliphatic heterocycles. The summed E-state index contributed by atoms with van der Waals surface area (Å²) in [4.78, 5) is 0. The highest BCUT2D eigenvalue weighted by molar-refractivity contribution is 7.80. The van der Waals surface area contributed by atoms with Crippen molar-refractivity contribution in [2.75, 3.05) is 5.32 Å². The number of rotatable bonds is 5. The van der Waals surface area contributed by atoms with Crippen molar-refractivity contribution in [1.29, 1.82) is 0 Å². The Labute approximate surface area is 165 Å². The highest BCUT2D eigenvalue weighted by Crippen LogP contribution is 2.23. The Kier molecular flexibility index (Phi) is 6.08. The Balaban J connectivity index is 1.53. The van der Waals surface area contributed by atoms with E-state index in [1.165, 1.54) is 12.1 Å². The average Bonchev–Trinajstić information content (AvgIpc) is 3.04. The molecule has 0 amide bonds. The first kappa shape index (κ1) is 18.6. The van der Waals surface area contributed by atoms with Gasteiger partial charge in [0.2, 0.25) is 0 Å². The molecule has 4 nitrogen and oxygen atoms in total. The lowest BCUT2D eigenvalue weighted by atomic mass is 10.2. The van der Waals surface area contributed by atoms with Crippen molar-refractivity contribution in [3.05, 3.63) is 81.8 Å². The first-order chi connectivity index (χ1) is 12.5. The molecule has 3 aromatic rings. The zero-order chi connectivity index (χ0) is 18.5. The molecule has 0 radical (unpaired) electrons. The second-order valence-corrected chi connectivity index (χ2v) is 6.83. The van der Waals surface area contributed by atoms with Crippen LogP contribution in [0.4, 0.5) is 10.1 Å². The van der Waals surface area contributed by atoms with Crippen LogP contribution in [0.3, 0.4) is 0 Å². The SMILES string of the molecule is Fc1ccc(CNC(=S)Nc2cnn(Cc3ccc(Cl)c(Cl)c3)c2)cc1. The van der Waals surface area contributed by atoms with Gasteiger partial charge in [0.1, 0.15) is 5.82 Å². The molecule has 0 aliphatic rings. The van der Waals surface area contributed by atoms with Crippen LogP contribution >= 0.6 is 35.4 Å². The molecule has 2 N–H and O–H groups in total. The van der Waals surface area contributed by atoms with Crippen molar-refractivity contribution in [3.8, 4) is 0 Å². The first-order valence-corrected chi connectivity index (χ1v) is 8.92. The molecular formula is C18H15Cl2FN4S. The number of nitrogens with zero attached hydrogens (tertiary/aromatic N) is 2. The van der Waals surface area contributed by atoms with Gasteiger partial charge in [-0.1, -0.05) is 41.4 Å². The summed E-state index contributed by atoms with van der Waals surface area (Å²) in [6.45, 7) is 1.07. The zero-order valence-electron chi connectivity index (χ0n) is 13.5. The minimum Gasteiger partial charge on any atom is -0.358 e. The summed E-state index contributed by atoms with van der Waals surface area (Å²) in [5.41, 5.74) is 2.69. The minimum atomic E-state index is -0.260. The van der Waals surface area contributed by atoms with Gasteiger partial charge in [-0.2, -0.15) is 5.10 Å². The lowest BCUT2D eigenvalue weighted by molar-refractivity contribution is 0.627. The molecule has 0 bridgehead atoms. The molecule has 0 aliphatic carbocycles. The van der Waals surface area contributed by atoms with Gasteiger partial charge < -0.3 is 10.6 Å². The van der Waals surface area contributed by atoms with Gasteiger partial charge >= 0.3 is 0 Å². The van der Waals surface area contributed by atoms with E-state index >= 15 is 0 Å². The van der Waals surface area contributed by atoms with Gasteiger partial charge in [0, 0.05) is 12.7 Å². The van der Waals surface area contributed by atoms with Gasteiger partial charge in [0.05, 0.1) is 28.5 Å². The van der Waals surface area contributed by atoms with Crippen LogP contribution in [0.1, 0.15) is 11.1 Å². The quantitative estimate of drug-likeness (QED) is 0.591. The Hall–Kier alpha value is -2.15. The molecule has 2 aromatic carbocycles. The smallest absolute Gasteiger partial charge is 0.171 e. The van der Waals surface area contributed by atoms with Crippen LogP contribution in [0.5, 0.6) is 0 Å². The lowest BCUT2D eigenvalue weighted by Crippen LogP contribution is -2.27. The lowest BCUT2D eigenvalue weighted by Gasteiger charge is -2.09. The van der Waals surface area contributed by atoms with Crippen molar-refractivity contribution in [1.82, 2.24) is 15.1 Å². The molecule has 0 saturated carbocycles. The molecule has 0 fully saturated rings. The number of thiocarbonyl (C=S) groups is 1. The van der Waals surface area contributed by atoms with Gasteiger partial charge in [-0.05, 0) is 47.6 Å². The normalized spacial score (nSPS) is 10.6. The molecule has 134 valence electrons. The second kappa shape index (κ2) is 8.49. The van der Waals surface area contributed by atoms with Crippen molar-refractivity contribution < 1.29 is 4.39 Å². The summed E-state index contributed by atoms with van der Waals surface area (Å²) in [6, 6.07) is 11.7. The summed E-state index contributed by atoms with van der Waals surface area (Å²) in [5, 5.41) is 11.9. The van der Waals surface area contributed by atoms with Gasteiger partial charge in [0.25, 0.3) is 0 Å². The summed E-state index contributed by atoms with van der Waals surface area (Å²) >= 11 is 17.2. The standard InChI is InChI=1S/C18H15Cl2FN4S/c19-16-6-3-13(7-17(16)20)10-25-11-15(9-23-25)24-18(26)22-8-12-1-4-14(21)5-2-12/h1-7,9,11H,8,10H2,(H2,22,24,26). The topological polar surface area (TPSA) is 41.9 Å². The van der Waals surface area contributed by atoms with Crippen molar-refractivity contribution >= 4 is 46.2 Å². The fourth-order valence-electron chi connectivity index (χ4n) is 2.30. The molecule has 0 saturated heterocycles. The summed E-state index contributed by atoms with van der Waals surface area (Å²) in [5.74, 6) is -0.260. The Morgan fingerprint density at radius 3 is 2.54 bits per heavy atom. The average molecular weight is 409 g/mol. The molecular weight excluding hydrogens is 394 g/mol. The van der Waals surface area contributed by atoms with Crippen LogP contribution in [-0.2, 0) is 13.1 Å². The second-order valence-electron chi connectivity index (χ2n) is 5.61. The van der Waals surface area contributed by atoms with E-state index in [9.17, 15) is 4.39 Å². The maximum absolute atomic E-state index is 12.9. The van der Waals surface area contributed by atoms with E-state index in [-0.39, 0.29) is 5.82 Å². The third kappa shape index (κ3) is 5.17. The van der Waals surface area contributed by atoms with Crippen molar-refractivity contribution in [2.45, 2.75) is 13.1 Å². The highest BCUT2D eigenvalue weighted by atomic mass is 35.5. The van der Waals surface area contributed by atoms with Crippen LogP contribution in [-0.4, -0.2) is 14.9 Å².